The molecule has 2 unspecified atom stereocenters. The summed E-state index contributed by atoms with van der Waals surface area (Å²) in [5, 5.41) is 12.8. The third kappa shape index (κ3) is 3.43. The lowest BCUT2D eigenvalue weighted by Crippen LogP contribution is -2.48. The topological polar surface area (TPSA) is 41.5 Å². The van der Waals surface area contributed by atoms with E-state index in [1.165, 1.54) is 32.1 Å². The minimum Gasteiger partial charge on any atom is -0.396 e. The van der Waals surface area contributed by atoms with Crippen molar-refractivity contribution in [2.24, 2.45) is 0 Å². The Bertz CT molecular complexity index is 226. The fourth-order valence-corrected chi connectivity index (χ4v) is 3.43. The summed E-state index contributed by atoms with van der Waals surface area (Å²) >= 11 is 0. The van der Waals surface area contributed by atoms with Gasteiger partial charge in [0.15, 0.2) is 0 Å². The van der Waals surface area contributed by atoms with E-state index in [9.17, 15) is 0 Å². The Balaban J connectivity index is 1.84. The van der Waals surface area contributed by atoms with Gasteiger partial charge in [-0.2, -0.15) is 0 Å². The van der Waals surface area contributed by atoms with Crippen LogP contribution in [0.2, 0.25) is 0 Å². The maximum atomic E-state index is 9.04. The molecule has 2 aliphatic rings. The second kappa shape index (κ2) is 6.17. The Kier molecular flexibility index (Phi) is 4.83. The first-order chi connectivity index (χ1) is 8.28. The van der Waals surface area contributed by atoms with Crippen molar-refractivity contribution in [1.29, 1.82) is 0 Å². The quantitative estimate of drug-likeness (QED) is 0.775. The van der Waals surface area contributed by atoms with Gasteiger partial charge in [0.1, 0.15) is 0 Å². The van der Waals surface area contributed by atoms with E-state index in [1.807, 2.05) is 0 Å². The monoisotopic (exact) mass is 241 g/mol. The molecule has 0 radical (unpaired) electrons. The molecular weight excluding hydrogens is 214 g/mol. The zero-order chi connectivity index (χ0) is 12.1. The molecule has 0 aromatic heterocycles. The van der Waals surface area contributed by atoms with Crippen LogP contribution in [-0.2, 0) is 4.74 Å². The standard InChI is InChI=1S/C14H27NO2/c1-2-12(5-9-16)15-13-6-10-17-14(11-13)7-3-4-8-14/h12-13,15-16H,2-11H2,1H3. The average molecular weight is 241 g/mol. The number of hydrogen-bond acceptors (Lipinski definition) is 3. The largest absolute Gasteiger partial charge is 0.396 e. The first-order valence-corrected chi connectivity index (χ1v) is 7.29. The van der Waals surface area contributed by atoms with Gasteiger partial charge in [-0.15, -0.1) is 0 Å². The van der Waals surface area contributed by atoms with E-state index in [-0.39, 0.29) is 5.60 Å². The lowest BCUT2D eigenvalue weighted by atomic mass is 9.88. The van der Waals surface area contributed by atoms with Crippen LogP contribution in [0.15, 0.2) is 0 Å². The summed E-state index contributed by atoms with van der Waals surface area (Å²) in [5.74, 6) is 0. The molecule has 1 heterocycles. The van der Waals surface area contributed by atoms with Gasteiger partial charge in [-0.3, -0.25) is 0 Å². The van der Waals surface area contributed by atoms with Crippen molar-refractivity contribution in [3.05, 3.63) is 0 Å². The molecule has 0 amide bonds. The zero-order valence-electron chi connectivity index (χ0n) is 11.1. The normalized spacial score (nSPS) is 29.6. The SMILES string of the molecule is CCC(CCO)NC1CCOC2(CCCC2)C1. The van der Waals surface area contributed by atoms with E-state index >= 15 is 0 Å². The summed E-state index contributed by atoms with van der Waals surface area (Å²) in [6.07, 6.45) is 9.45. The third-order valence-corrected chi connectivity index (χ3v) is 4.45. The van der Waals surface area contributed by atoms with Gasteiger partial charge in [-0.25, -0.2) is 0 Å². The Hall–Kier alpha value is -0.120. The number of hydrogen-bond donors (Lipinski definition) is 2. The van der Waals surface area contributed by atoms with Crippen LogP contribution in [0.5, 0.6) is 0 Å². The zero-order valence-corrected chi connectivity index (χ0v) is 11.1. The van der Waals surface area contributed by atoms with Crippen molar-refractivity contribution in [2.75, 3.05) is 13.2 Å². The minimum atomic E-state index is 0.202. The number of aliphatic hydroxyl groups is 1. The highest BCUT2D eigenvalue weighted by Crippen LogP contribution is 2.40. The van der Waals surface area contributed by atoms with E-state index in [0.717, 1.165) is 25.9 Å². The van der Waals surface area contributed by atoms with Crippen molar-refractivity contribution in [3.8, 4) is 0 Å². The van der Waals surface area contributed by atoms with Gasteiger partial charge in [0.2, 0.25) is 0 Å². The Morgan fingerprint density at radius 1 is 1.41 bits per heavy atom. The van der Waals surface area contributed by atoms with Crippen LogP contribution in [0.25, 0.3) is 0 Å². The third-order valence-electron chi connectivity index (χ3n) is 4.45. The van der Waals surface area contributed by atoms with E-state index in [4.69, 9.17) is 9.84 Å². The molecule has 0 aromatic rings. The molecule has 17 heavy (non-hydrogen) atoms. The van der Waals surface area contributed by atoms with E-state index < -0.39 is 0 Å². The molecule has 0 aromatic carbocycles. The lowest BCUT2D eigenvalue weighted by molar-refractivity contribution is -0.0849. The Labute approximate surface area is 105 Å². The maximum Gasteiger partial charge on any atom is 0.0697 e. The van der Waals surface area contributed by atoms with Crippen LogP contribution in [0, 0.1) is 0 Å². The van der Waals surface area contributed by atoms with Crippen molar-refractivity contribution >= 4 is 0 Å². The number of ether oxygens (including phenoxy) is 1. The van der Waals surface area contributed by atoms with Gasteiger partial charge in [0.25, 0.3) is 0 Å². The first kappa shape index (κ1) is 13.3. The summed E-state index contributed by atoms with van der Waals surface area (Å²) in [7, 11) is 0. The van der Waals surface area contributed by atoms with Gasteiger partial charge in [0.05, 0.1) is 5.60 Å². The molecule has 1 aliphatic heterocycles. The minimum absolute atomic E-state index is 0.202. The highest BCUT2D eigenvalue weighted by atomic mass is 16.5. The van der Waals surface area contributed by atoms with E-state index in [0.29, 0.717) is 18.7 Å². The van der Waals surface area contributed by atoms with Crippen LogP contribution < -0.4 is 5.32 Å². The Morgan fingerprint density at radius 2 is 2.18 bits per heavy atom. The molecule has 1 spiro atoms. The average Bonchev–Trinajstić information content (AvgIpc) is 2.77. The fourth-order valence-electron chi connectivity index (χ4n) is 3.43. The molecular formula is C14H27NO2. The predicted octanol–water partition coefficient (Wildman–Crippen LogP) is 2.23. The van der Waals surface area contributed by atoms with Crippen molar-refractivity contribution in [2.45, 2.75) is 76.0 Å². The van der Waals surface area contributed by atoms with Gasteiger partial charge in [-0.1, -0.05) is 19.8 Å². The molecule has 3 nitrogen and oxygen atoms in total. The summed E-state index contributed by atoms with van der Waals surface area (Å²) in [6.45, 7) is 3.39. The fraction of sp³-hybridized carbons (Fsp3) is 1.00. The second-order valence-electron chi connectivity index (χ2n) is 5.71. The molecule has 0 bridgehead atoms. The van der Waals surface area contributed by atoms with Crippen molar-refractivity contribution < 1.29 is 9.84 Å². The number of rotatable bonds is 5. The van der Waals surface area contributed by atoms with Crippen molar-refractivity contribution in [3.63, 3.8) is 0 Å². The van der Waals surface area contributed by atoms with Crippen molar-refractivity contribution in [1.82, 2.24) is 5.32 Å². The predicted molar refractivity (Wildman–Crippen MR) is 69.1 cm³/mol. The number of aliphatic hydroxyl groups excluding tert-OH is 1. The first-order valence-electron chi connectivity index (χ1n) is 7.29. The highest BCUT2D eigenvalue weighted by molar-refractivity contribution is 4.94. The molecule has 2 fully saturated rings. The maximum absolute atomic E-state index is 9.04. The molecule has 100 valence electrons. The molecule has 3 heteroatoms. The summed E-state index contributed by atoms with van der Waals surface area (Å²) in [4.78, 5) is 0. The van der Waals surface area contributed by atoms with Crippen LogP contribution in [0.1, 0.15) is 58.3 Å². The Morgan fingerprint density at radius 3 is 2.82 bits per heavy atom. The molecule has 1 saturated carbocycles. The van der Waals surface area contributed by atoms with Gasteiger partial charge in [-0.05, 0) is 38.5 Å². The smallest absolute Gasteiger partial charge is 0.0697 e. The van der Waals surface area contributed by atoms with Gasteiger partial charge < -0.3 is 15.2 Å². The van der Waals surface area contributed by atoms with Crippen LogP contribution in [0.4, 0.5) is 0 Å². The molecule has 1 saturated heterocycles. The molecule has 2 atom stereocenters. The van der Waals surface area contributed by atoms with Gasteiger partial charge in [0, 0.05) is 25.3 Å². The van der Waals surface area contributed by atoms with Crippen LogP contribution in [-0.4, -0.2) is 36.0 Å². The summed E-state index contributed by atoms with van der Waals surface area (Å²) in [6, 6.07) is 1.07. The van der Waals surface area contributed by atoms with Gasteiger partial charge >= 0.3 is 0 Å². The van der Waals surface area contributed by atoms with Crippen LogP contribution in [0.3, 0.4) is 0 Å². The van der Waals surface area contributed by atoms with E-state index in [1.54, 1.807) is 0 Å². The van der Waals surface area contributed by atoms with Crippen LogP contribution >= 0.6 is 0 Å². The lowest BCUT2D eigenvalue weighted by Gasteiger charge is -2.40. The van der Waals surface area contributed by atoms with E-state index in [2.05, 4.69) is 12.2 Å². The second-order valence-corrected chi connectivity index (χ2v) is 5.71. The highest BCUT2D eigenvalue weighted by Gasteiger charge is 2.40. The number of nitrogens with one attached hydrogen (secondary N) is 1. The summed E-state index contributed by atoms with van der Waals surface area (Å²) < 4.78 is 6.04. The molecule has 1 aliphatic carbocycles. The molecule has 2 rings (SSSR count). The summed E-state index contributed by atoms with van der Waals surface area (Å²) in [5.41, 5.74) is 0.202. The molecule has 2 N–H and O–H groups in total.